The Bertz CT molecular complexity index is 539. The minimum absolute atomic E-state index is 0.367. The van der Waals surface area contributed by atoms with Crippen molar-refractivity contribution >= 4 is 22.4 Å². The number of hydrogen-bond acceptors (Lipinski definition) is 3. The number of nitrogens with zero attached hydrogens (tertiary/aromatic N) is 1. The molecule has 3 nitrogen and oxygen atoms in total. The highest BCUT2D eigenvalue weighted by atomic mass is 35.5. The van der Waals surface area contributed by atoms with Gasteiger partial charge in [0.15, 0.2) is 0 Å². The van der Waals surface area contributed by atoms with Gasteiger partial charge in [0.1, 0.15) is 5.76 Å². The van der Waals surface area contributed by atoms with Gasteiger partial charge in [0.25, 0.3) is 0 Å². The van der Waals surface area contributed by atoms with Gasteiger partial charge in [-0.05, 0) is 18.6 Å². The molecule has 5 heteroatoms. The van der Waals surface area contributed by atoms with Gasteiger partial charge >= 0.3 is 0 Å². The summed E-state index contributed by atoms with van der Waals surface area (Å²) in [5.41, 5.74) is 1.69. The van der Waals surface area contributed by atoms with E-state index in [2.05, 4.69) is 5.16 Å². The molecule has 0 bridgehead atoms. The average Bonchev–Trinajstić information content (AvgIpc) is 2.67. The minimum atomic E-state index is -1.04. The smallest absolute Gasteiger partial charge is 0.149 e. The molecule has 1 heterocycles. The van der Waals surface area contributed by atoms with E-state index in [1.54, 1.807) is 12.1 Å². The molecule has 2 rings (SSSR count). The molecule has 0 saturated heterocycles. The molecule has 0 aliphatic heterocycles. The van der Waals surface area contributed by atoms with E-state index in [1.807, 2.05) is 25.1 Å². The monoisotopic (exact) mass is 269 g/mol. The summed E-state index contributed by atoms with van der Waals surface area (Å²) in [7, 11) is -1.04. The lowest BCUT2D eigenvalue weighted by atomic mass is 10.2. The zero-order chi connectivity index (χ0) is 12.3. The van der Waals surface area contributed by atoms with E-state index in [1.165, 1.54) is 0 Å². The van der Waals surface area contributed by atoms with Crippen molar-refractivity contribution in [2.75, 3.05) is 0 Å². The lowest BCUT2D eigenvalue weighted by molar-refractivity contribution is 0.390. The zero-order valence-electron chi connectivity index (χ0n) is 9.35. The summed E-state index contributed by atoms with van der Waals surface area (Å²) in [4.78, 5) is 0. The van der Waals surface area contributed by atoms with Crippen molar-refractivity contribution in [3.05, 3.63) is 52.4 Å². The van der Waals surface area contributed by atoms with Crippen molar-refractivity contribution in [3.63, 3.8) is 0 Å². The number of halogens is 1. The van der Waals surface area contributed by atoms with Crippen LogP contribution in [0.4, 0.5) is 0 Å². The van der Waals surface area contributed by atoms with E-state index in [0.717, 1.165) is 11.3 Å². The molecule has 0 spiro atoms. The maximum atomic E-state index is 11.9. The summed E-state index contributed by atoms with van der Waals surface area (Å²) >= 11 is 6.01. The van der Waals surface area contributed by atoms with Crippen LogP contribution in [-0.2, 0) is 22.3 Å². The molecule has 0 saturated carbocycles. The lowest BCUT2D eigenvalue weighted by Gasteiger charge is -2.02. The second-order valence-corrected chi connectivity index (χ2v) is 5.62. The molecule has 0 amide bonds. The third-order valence-electron chi connectivity index (χ3n) is 2.25. The SMILES string of the molecule is Cc1cc(C[S@](=O)Cc2ccccc2Cl)on1. The Kier molecular flexibility index (Phi) is 3.97. The van der Waals surface area contributed by atoms with Crippen molar-refractivity contribution in [1.82, 2.24) is 5.16 Å². The summed E-state index contributed by atoms with van der Waals surface area (Å²) < 4.78 is 16.9. The molecule has 17 heavy (non-hydrogen) atoms. The summed E-state index contributed by atoms with van der Waals surface area (Å²) in [6, 6.07) is 9.22. The normalized spacial score (nSPS) is 12.6. The van der Waals surface area contributed by atoms with E-state index in [0.29, 0.717) is 22.3 Å². The topological polar surface area (TPSA) is 43.1 Å². The van der Waals surface area contributed by atoms with E-state index in [9.17, 15) is 4.21 Å². The first kappa shape index (κ1) is 12.3. The standard InChI is InChI=1S/C12H12ClNO2S/c1-9-6-11(16-14-9)8-17(15)7-10-4-2-3-5-12(10)13/h2-6H,7-8H2,1H3/t17-/m1/s1. The minimum Gasteiger partial charge on any atom is -0.360 e. The number of hydrogen-bond donors (Lipinski definition) is 0. The van der Waals surface area contributed by atoms with Crippen LogP contribution >= 0.6 is 11.6 Å². The fourth-order valence-corrected chi connectivity index (χ4v) is 2.92. The van der Waals surface area contributed by atoms with Crippen molar-refractivity contribution < 1.29 is 8.73 Å². The fourth-order valence-electron chi connectivity index (χ4n) is 1.48. The van der Waals surface area contributed by atoms with E-state index >= 15 is 0 Å². The molecular weight excluding hydrogens is 258 g/mol. The van der Waals surface area contributed by atoms with Crippen LogP contribution in [0.25, 0.3) is 0 Å². The molecule has 0 radical (unpaired) electrons. The van der Waals surface area contributed by atoms with Crippen LogP contribution in [0.15, 0.2) is 34.9 Å². The second kappa shape index (κ2) is 5.47. The number of benzene rings is 1. The molecule has 90 valence electrons. The van der Waals surface area contributed by atoms with Crippen molar-refractivity contribution in [2.24, 2.45) is 0 Å². The first-order chi connectivity index (χ1) is 8.15. The Balaban J connectivity index is 2.01. The van der Waals surface area contributed by atoms with Crippen LogP contribution in [-0.4, -0.2) is 9.37 Å². The third-order valence-corrected chi connectivity index (χ3v) is 3.86. The molecule has 1 aromatic heterocycles. The second-order valence-electron chi connectivity index (χ2n) is 3.75. The summed E-state index contributed by atoms with van der Waals surface area (Å²) in [6.07, 6.45) is 0. The van der Waals surface area contributed by atoms with Gasteiger partial charge in [-0.3, -0.25) is 4.21 Å². The molecule has 0 aliphatic carbocycles. The fraction of sp³-hybridized carbons (Fsp3) is 0.250. The molecule has 2 aromatic rings. The predicted molar refractivity (Wildman–Crippen MR) is 68.2 cm³/mol. The molecule has 1 atom stereocenters. The zero-order valence-corrected chi connectivity index (χ0v) is 10.9. The molecule has 0 unspecified atom stereocenters. The molecule has 1 aromatic carbocycles. The number of aryl methyl sites for hydroxylation is 1. The Morgan fingerprint density at radius 2 is 2.12 bits per heavy atom. The third kappa shape index (κ3) is 3.41. The lowest BCUT2D eigenvalue weighted by Crippen LogP contribution is -1.99. The summed E-state index contributed by atoms with van der Waals surface area (Å²) in [5, 5.41) is 4.41. The van der Waals surface area contributed by atoms with Crippen LogP contribution < -0.4 is 0 Å². The van der Waals surface area contributed by atoms with E-state index in [-0.39, 0.29) is 0 Å². The van der Waals surface area contributed by atoms with Gasteiger partial charge in [0, 0.05) is 21.9 Å². The Labute approximate surface area is 107 Å². The Morgan fingerprint density at radius 3 is 2.76 bits per heavy atom. The largest absolute Gasteiger partial charge is 0.360 e. The van der Waals surface area contributed by atoms with Crippen molar-refractivity contribution in [2.45, 2.75) is 18.4 Å². The average molecular weight is 270 g/mol. The molecule has 0 N–H and O–H groups in total. The highest BCUT2D eigenvalue weighted by molar-refractivity contribution is 7.83. The molecular formula is C12H12ClNO2S. The first-order valence-electron chi connectivity index (χ1n) is 5.16. The van der Waals surface area contributed by atoms with Crippen LogP contribution in [0, 0.1) is 6.92 Å². The predicted octanol–water partition coefficient (Wildman–Crippen LogP) is 3.09. The maximum absolute atomic E-state index is 11.9. The van der Waals surface area contributed by atoms with Gasteiger partial charge in [-0.1, -0.05) is 35.0 Å². The van der Waals surface area contributed by atoms with E-state index in [4.69, 9.17) is 16.1 Å². The van der Waals surface area contributed by atoms with Gasteiger partial charge in [-0.2, -0.15) is 0 Å². The molecule has 0 fully saturated rings. The molecule has 0 aliphatic rings. The highest BCUT2D eigenvalue weighted by Gasteiger charge is 2.09. The van der Waals surface area contributed by atoms with Crippen LogP contribution in [0.3, 0.4) is 0 Å². The van der Waals surface area contributed by atoms with Crippen molar-refractivity contribution in [3.8, 4) is 0 Å². The maximum Gasteiger partial charge on any atom is 0.149 e. The van der Waals surface area contributed by atoms with E-state index < -0.39 is 10.8 Å². The highest BCUT2D eigenvalue weighted by Crippen LogP contribution is 2.18. The summed E-state index contributed by atoms with van der Waals surface area (Å²) in [6.45, 7) is 1.84. The summed E-state index contributed by atoms with van der Waals surface area (Å²) in [5.74, 6) is 1.44. The first-order valence-corrected chi connectivity index (χ1v) is 7.02. The number of aromatic nitrogens is 1. The van der Waals surface area contributed by atoms with Crippen molar-refractivity contribution in [1.29, 1.82) is 0 Å². The van der Waals surface area contributed by atoms with Gasteiger partial charge < -0.3 is 4.52 Å². The van der Waals surface area contributed by atoms with Gasteiger partial charge in [-0.15, -0.1) is 0 Å². The van der Waals surface area contributed by atoms with Crippen LogP contribution in [0.5, 0.6) is 0 Å². The Hall–Kier alpha value is -1.13. The van der Waals surface area contributed by atoms with Gasteiger partial charge in [0.05, 0.1) is 17.2 Å². The van der Waals surface area contributed by atoms with Crippen LogP contribution in [0.2, 0.25) is 5.02 Å². The Morgan fingerprint density at radius 1 is 1.35 bits per heavy atom. The quantitative estimate of drug-likeness (QED) is 0.857. The van der Waals surface area contributed by atoms with Gasteiger partial charge in [-0.25, -0.2) is 0 Å². The number of rotatable bonds is 4. The van der Waals surface area contributed by atoms with Gasteiger partial charge in [0.2, 0.25) is 0 Å². The van der Waals surface area contributed by atoms with Crippen LogP contribution in [0.1, 0.15) is 17.0 Å².